The lowest BCUT2D eigenvalue weighted by Crippen LogP contribution is -2.14. The van der Waals surface area contributed by atoms with Gasteiger partial charge in [-0.15, -0.1) is 0 Å². The van der Waals surface area contributed by atoms with E-state index in [1.807, 2.05) is 0 Å². The standard InChI is InChI=1S/C11H11F3O2S/c1-8(9-5-3-2-4-6-9)10(15)16-17-7-11(12,13)14/h2-6,8H,7H2,1H3. The van der Waals surface area contributed by atoms with Crippen LogP contribution in [0.25, 0.3) is 0 Å². The number of carbonyl (C=O) groups is 1. The molecular weight excluding hydrogens is 253 g/mol. The predicted molar refractivity (Wildman–Crippen MR) is 59.5 cm³/mol. The third-order valence-electron chi connectivity index (χ3n) is 2.02. The SMILES string of the molecule is CC(C(=O)OSCC(F)(F)F)c1ccccc1. The fourth-order valence-corrected chi connectivity index (χ4v) is 1.56. The summed E-state index contributed by atoms with van der Waals surface area (Å²) < 4.78 is 39.9. The van der Waals surface area contributed by atoms with Crippen LogP contribution in [0, 0.1) is 0 Å². The summed E-state index contributed by atoms with van der Waals surface area (Å²) in [6.45, 7) is 1.59. The Kier molecular flexibility index (Phi) is 4.86. The van der Waals surface area contributed by atoms with E-state index in [9.17, 15) is 18.0 Å². The van der Waals surface area contributed by atoms with Crippen LogP contribution in [0.3, 0.4) is 0 Å². The normalized spacial score (nSPS) is 13.2. The molecule has 0 aliphatic rings. The van der Waals surface area contributed by atoms with E-state index in [2.05, 4.69) is 4.18 Å². The van der Waals surface area contributed by atoms with Crippen molar-refractivity contribution < 1.29 is 22.1 Å². The molecule has 1 rings (SSSR count). The Balaban J connectivity index is 2.43. The van der Waals surface area contributed by atoms with E-state index in [1.165, 1.54) is 0 Å². The maximum absolute atomic E-state index is 11.8. The Morgan fingerprint density at radius 1 is 1.35 bits per heavy atom. The molecule has 1 aromatic carbocycles. The topological polar surface area (TPSA) is 26.3 Å². The van der Waals surface area contributed by atoms with E-state index in [0.717, 1.165) is 0 Å². The van der Waals surface area contributed by atoms with Gasteiger partial charge in [0, 0.05) is 0 Å². The second-order valence-corrected chi connectivity index (χ2v) is 4.10. The van der Waals surface area contributed by atoms with Gasteiger partial charge in [0.05, 0.1) is 18.0 Å². The lowest BCUT2D eigenvalue weighted by molar-refractivity contribution is -0.134. The van der Waals surface area contributed by atoms with Gasteiger partial charge in [-0.25, -0.2) is 0 Å². The third-order valence-corrected chi connectivity index (χ3v) is 2.74. The molecule has 0 bridgehead atoms. The summed E-state index contributed by atoms with van der Waals surface area (Å²) >= 11 is 0.117. The van der Waals surface area contributed by atoms with Gasteiger partial charge < -0.3 is 4.18 Å². The van der Waals surface area contributed by atoms with Gasteiger partial charge >= 0.3 is 12.1 Å². The highest BCUT2D eigenvalue weighted by atomic mass is 32.2. The van der Waals surface area contributed by atoms with Crippen LogP contribution >= 0.6 is 12.0 Å². The van der Waals surface area contributed by atoms with Crippen molar-refractivity contribution in [2.24, 2.45) is 0 Å². The van der Waals surface area contributed by atoms with Crippen LogP contribution in [0.5, 0.6) is 0 Å². The fraction of sp³-hybridized carbons (Fsp3) is 0.364. The van der Waals surface area contributed by atoms with Crippen molar-refractivity contribution in [1.82, 2.24) is 0 Å². The van der Waals surface area contributed by atoms with Crippen LogP contribution in [0.15, 0.2) is 30.3 Å². The maximum Gasteiger partial charge on any atom is 0.401 e. The van der Waals surface area contributed by atoms with Gasteiger partial charge in [0.2, 0.25) is 0 Å². The lowest BCUT2D eigenvalue weighted by Gasteiger charge is -2.11. The Bertz CT molecular complexity index is 365. The van der Waals surface area contributed by atoms with Crippen molar-refractivity contribution in [3.63, 3.8) is 0 Å². The van der Waals surface area contributed by atoms with Crippen molar-refractivity contribution in [2.75, 3.05) is 5.75 Å². The zero-order valence-electron chi connectivity index (χ0n) is 9.03. The number of alkyl halides is 3. The van der Waals surface area contributed by atoms with Gasteiger partial charge in [-0.1, -0.05) is 30.3 Å². The van der Waals surface area contributed by atoms with Crippen LogP contribution in [-0.4, -0.2) is 17.9 Å². The highest BCUT2D eigenvalue weighted by Gasteiger charge is 2.29. The van der Waals surface area contributed by atoms with Crippen LogP contribution in [-0.2, 0) is 8.98 Å². The molecule has 0 aliphatic carbocycles. The largest absolute Gasteiger partial charge is 0.401 e. The minimum Gasteiger partial charge on any atom is -0.391 e. The Hall–Kier alpha value is -1.17. The molecule has 0 aliphatic heterocycles. The van der Waals surface area contributed by atoms with Gasteiger partial charge in [-0.05, 0) is 12.5 Å². The minimum absolute atomic E-state index is 0.117. The second-order valence-electron chi connectivity index (χ2n) is 3.41. The summed E-state index contributed by atoms with van der Waals surface area (Å²) in [6.07, 6.45) is -4.33. The molecule has 0 aromatic heterocycles. The zero-order valence-corrected chi connectivity index (χ0v) is 9.85. The number of hydrogen-bond acceptors (Lipinski definition) is 3. The maximum atomic E-state index is 11.8. The van der Waals surface area contributed by atoms with E-state index in [-0.39, 0.29) is 12.0 Å². The molecule has 0 amide bonds. The van der Waals surface area contributed by atoms with Crippen LogP contribution in [0.2, 0.25) is 0 Å². The Morgan fingerprint density at radius 2 is 1.94 bits per heavy atom. The summed E-state index contributed by atoms with van der Waals surface area (Å²) in [7, 11) is 0. The molecule has 0 N–H and O–H groups in total. The summed E-state index contributed by atoms with van der Waals surface area (Å²) in [6, 6.07) is 8.74. The average molecular weight is 264 g/mol. The molecule has 0 heterocycles. The first-order valence-electron chi connectivity index (χ1n) is 4.85. The highest BCUT2D eigenvalue weighted by Crippen LogP contribution is 2.24. The first-order valence-corrected chi connectivity index (χ1v) is 5.76. The lowest BCUT2D eigenvalue weighted by atomic mass is 10.0. The molecule has 0 saturated heterocycles. The van der Waals surface area contributed by atoms with Crippen molar-refractivity contribution in [2.45, 2.75) is 19.0 Å². The van der Waals surface area contributed by atoms with Gasteiger partial charge in [0.15, 0.2) is 0 Å². The van der Waals surface area contributed by atoms with Gasteiger partial charge in [-0.3, -0.25) is 4.79 Å². The summed E-state index contributed by atoms with van der Waals surface area (Å²) in [5, 5.41) is 0. The number of benzene rings is 1. The van der Waals surface area contributed by atoms with Crippen molar-refractivity contribution in [1.29, 1.82) is 0 Å². The molecule has 0 saturated carbocycles. The molecule has 1 aromatic rings. The first-order chi connectivity index (χ1) is 7.90. The smallest absolute Gasteiger partial charge is 0.391 e. The van der Waals surface area contributed by atoms with E-state index in [1.54, 1.807) is 37.3 Å². The van der Waals surface area contributed by atoms with E-state index >= 15 is 0 Å². The van der Waals surface area contributed by atoms with E-state index < -0.39 is 23.8 Å². The molecule has 6 heteroatoms. The van der Waals surface area contributed by atoms with E-state index in [4.69, 9.17) is 0 Å². The number of rotatable bonds is 4. The number of hydrogen-bond donors (Lipinski definition) is 0. The number of carbonyl (C=O) groups excluding carboxylic acids is 1. The molecule has 0 spiro atoms. The molecule has 1 unspecified atom stereocenters. The molecule has 0 radical (unpaired) electrons. The molecule has 0 fully saturated rings. The Labute approximate surface area is 101 Å². The zero-order chi connectivity index (χ0) is 12.9. The summed E-state index contributed by atoms with van der Waals surface area (Å²) in [4.78, 5) is 11.4. The Morgan fingerprint density at radius 3 is 2.47 bits per heavy atom. The molecule has 1 atom stereocenters. The summed E-state index contributed by atoms with van der Waals surface area (Å²) in [5.41, 5.74) is 0.713. The van der Waals surface area contributed by atoms with Gasteiger partial charge in [0.1, 0.15) is 5.75 Å². The second kappa shape index (κ2) is 5.95. The van der Waals surface area contributed by atoms with Gasteiger partial charge in [0.25, 0.3) is 0 Å². The molecule has 17 heavy (non-hydrogen) atoms. The summed E-state index contributed by atoms with van der Waals surface area (Å²) in [5.74, 6) is -2.44. The fourth-order valence-electron chi connectivity index (χ4n) is 1.10. The molecule has 2 nitrogen and oxygen atoms in total. The highest BCUT2D eigenvalue weighted by molar-refractivity contribution is 7.95. The minimum atomic E-state index is -4.33. The monoisotopic (exact) mass is 264 g/mol. The average Bonchev–Trinajstić information content (AvgIpc) is 2.27. The molecule has 94 valence electrons. The van der Waals surface area contributed by atoms with Gasteiger partial charge in [-0.2, -0.15) is 13.2 Å². The van der Waals surface area contributed by atoms with Crippen molar-refractivity contribution >= 4 is 18.0 Å². The number of halogens is 3. The third kappa shape index (κ3) is 5.12. The van der Waals surface area contributed by atoms with Crippen LogP contribution in [0.4, 0.5) is 13.2 Å². The van der Waals surface area contributed by atoms with Crippen LogP contribution in [0.1, 0.15) is 18.4 Å². The van der Waals surface area contributed by atoms with Crippen molar-refractivity contribution in [3.05, 3.63) is 35.9 Å². The van der Waals surface area contributed by atoms with Crippen LogP contribution < -0.4 is 0 Å². The molecular formula is C11H11F3O2S. The van der Waals surface area contributed by atoms with Crippen molar-refractivity contribution in [3.8, 4) is 0 Å². The van der Waals surface area contributed by atoms with E-state index in [0.29, 0.717) is 5.56 Å². The predicted octanol–water partition coefficient (Wildman–Crippen LogP) is 3.54. The first kappa shape index (κ1) is 13.9. The quantitative estimate of drug-likeness (QED) is 0.778.